The molecule has 0 heterocycles. The summed E-state index contributed by atoms with van der Waals surface area (Å²) >= 11 is 11.9. The molecular weight excluding hydrogens is 325 g/mol. The third-order valence-electron chi connectivity index (χ3n) is 2.83. The summed E-state index contributed by atoms with van der Waals surface area (Å²) in [6.07, 6.45) is 0. The molecule has 2 aromatic carbocycles. The van der Waals surface area contributed by atoms with Gasteiger partial charge in [0.05, 0.1) is 22.9 Å². The van der Waals surface area contributed by atoms with Crippen LogP contribution in [-0.2, 0) is 4.74 Å². The van der Waals surface area contributed by atoms with Gasteiger partial charge in [-0.15, -0.1) is 0 Å². The lowest BCUT2D eigenvalue weighted by Gasteiger charge is -2.09. The van der Waals surface area contributed by atoms with Crippen LogP contribution in [0.15, 0.2) is 42.5 Å². The predicted molar refractivity (Wildman–Crippen MR) is 86.8 cm³/mol. The van der Waals surface area contributed by atoms with E-state index in [1.165, 1.54) is 6.07 Å². The first kappa shape index (κ1) is 16.3. The molecule has 2 aromatic rings. The molecule has 0 aliphatic heterocycles. The van der Waals surface area contributed by atoms with Crippen LogP contribution in [0.1, 0.15) is 27.6 Å². The van der Waals surface area contributed by atoms with Crippen molar-refractivity contribution < 1.29 is 14.3 Å². The number of hydrogen-bond donors (Lipinski definition) is 1. The van der Waals surface area contributed by atoms with Crippen LogP contribution in [0.4, 0.5) is 5.69 Å². The number of benzene rings is 2. The second kappa shape index (κ2) is 7.29. The summed E-state index contributed by atoms with van der Waals surface area (Å²) in [5.74, 6) is -0.776. The SMILES string of the molecule is CCOC(=O)c1ccc(NC(=O)c2ccc(Cl)cc2)c(Cl)c1. The van der Waals surface area contributed by atoms with Gasteiger partial charge in [0.15, 0.2) is 0 Å². The lowest BCUT2D eigenvalue weighted by atomic mass is 10.2. The molecule has 0 bridgehead atoms. The third kappa shape index (κ3) is 4.00. The number of amides is 1. The number of nitrogens with one attached hydrogen (secondary N) is 1. The molecule has 4 nitrogen and oxygen atoms in total. The zero-order valence-electron chi connectivity index (χ0n) is 11.7. The molecule has 2 rings (SSSR count). The quantitative estimate of drug-likeness (QED) is 0.840. The maximum Gasteiger partial charge on any atom is 0.338 e. The van der Waals surface area contributed by atoms with Crippen molar-refractivity contribution in [3.8, 4) is 0 Å². The highest BCUT2D eigenvalue weighted by molar-refractivity contribution is 6.34. The van der Waals surface area contributed by atoms with E-state index in [1.807, 2.05) is 0 Å². The number of rotatable bonds is 4. The molecule has 6 heteroatoms. The Kier molecular flexibility index (Phi) is 5.41. The van der Waals surface area contributed by atoms with E-state index in [0.717, 1.165) is 0 Å². The number of carbonyl (C=O) groups is 2. The van der Waals surface area contributed by atoms with Gasteiger partial charge < -0.3 is 10.1 Å². The zero-order chi connectivity index (χ0) is 16.1. The van der Waals surface area contributed by atoms with Gasteiger partial charge in [-0.3, -0.25) is 4.79 Å². The molecule has 0 spiro atoms. The Bertz CT molecular complexity index is 699. The van der Waals surface area contributed by atoms with Crippen molar-refractivity contribution in [2.24, 2.45) is 0 Å². The largest absolute Gasteiger partial charge is 0.462 e. The van der Waals surface area contributed by atoms with E-state index in [-0.39, 0.29) is 17.5 Å². The second-order valence-electron chi connectivity index (χ2n) is 4.38. The Morgan fingerprint density at radius 1 is 1.05 bits per heavy atom. The summed E-state index contributed by atoms with van der Waals surface area (Å²) < 4.78 is 4.89. The molecule has 0 aliphatic carbocycles. The van der Waals surface area contributed by atoms with Crippen LogP contribution in [0.3, 0.4) is 0 Å². The number of ether oxygens (including phenoxy) is 1. The average molecular weight is 338 g/mol. The number of anilines is 1. The van der Waals surface area contributed by atoms with Gasteiger partial charge in [0.2, 0.25) is 0 Å². The Hall–Kier alpha value is -2.04. The van der Waals surface area contributed by atoms with Crippen molar-refractivity contribution in [2.45, 2.75) is 6.92 Å². The standard InChI is InChI=1S/C16H13Cl2NO3/c1-2-22-16(21)11-5-8-14(13(18)9-11)19-15(20)10-3-6-12(17)7-4-10/h3-9H,2H2,1H3,(H,19,20). The highest BCUT2D eigenvalue weighted by Crippen LogP contribution is 2.24. The van der Waals surface area contributed by atoms with Gasteiger partial charge in [0.25, 0.3) is 5.91 Å². The molecule has 0 unspecified atom stereocenters. The van der Waals surface area contributed by atoms with Gasteiger partial charge in [0.1, 0.15) is 0 Å². The van der Waals surface area contributed by atoms with E-state index in [1.54, 1.807) is 43.3 Å². The summed E-state index contributed by atoms with van der Waals surface area (Å²) in [5, 5.41) is 3.48. The van der Waals surface area contributed by atoms with E-state index >= 15 is 0 Å². The Morgan fingerprint density at radius 2 is 1.68 bits per heavy atom. The highest BCUT2D eigenvalue weighted by Gasteiger charge is 2.12. The highest BCUT2D eigenvalue weighted by atomic mass is 35.5. The molecule has 0 fully saturated rings. The van der Waals surface area contributed by atoms with E-state index in [2.05, 4.69) is 5.32 Å². The van der Waals surface area contributed by atoms with Crippen LogP contribution >= 0.6 is 23.2 Å². The van der Waals surface area contributed by atoms with Crippen LogP contribution in [0.25, 0.3) is 0 Å². The summed E-state index contributed by atoms with van der Waals surface area (Å²) in [4.78, 5) is 23.7. The topological polar surface area (TPSA) is 55.4 Å². The Labute approximate surface area is 138 Å². The van der Waals surface area contributed by atoms with E-state index in [4.69, 9.17) is 27.9 Å². The molecule has 0 radical (unpaired) electrons. The normalized spacial score (nSPS) is 10.1. The summed E-state index contributed by atoms with van der Waals surface area (Å²) in [6, 6.07) is 11.0. The maximum absolute atomic E-state index is 12.1. The second-order valence-corrected chi connectivity index (χ2v) is 5.22. The summed E-state index contributed by atoms with van der Waals surface area (Å²) in [7, 11) is 0. The lowest BCUT2D eigenvalue weighted by Crippen LogP contribution is -2.12. The summed E-state index contributed by atoms with van der Waals surface area (Å²) in [5.41, 5.74) is 1.20. The molecule has 0 atom stereocenters. The molecular formula is C16H13Cl2NO3. The molecule has 114 valence electrons. The van der Waals surface area contributed by atoms with Gasteiger partial charge in [-0.2, -0.15) is 0 Å². The zero-order valence-corrected chi connectivity index (χ0v) is 13.2. The first-order valence-corrected chi connectivity index (χ1v) is 7.30. The molecule has 1 amide bonds. The summed E-state index contributed by atoms with van der Waals surface area (Å²) in [6.45, 7) is 2.01. The minimum absolute atomic E-state index is 0.257. The Morgan fingerprint density at radius 3 is 2.27 bits per heavy atom. The third-order valence-corrected chi connectivity index (χ3v) is 3.40. The van der Waals surface area contributed by atoms with Gasteiger partial charge in [-0.25, -0.2) is 4.79 Å². The number of carbonyl (C=O) groups excluding carboxylic acids is 2. The fraction of sp³-hybridized carbons (Fsp3) is 0.125. The monoisotopic (exact) mass is 337 g/mol. The molecule has 22 heavy (non-hydrogen) atoms. The van der Waals surface area contributed by atoms with Crippen LogP contribution in [0, 0.1) is 0 Å². The van der Waals surface area contributed by atoms with Crippen molar-refractivity contribution in [1.82, 2.24) is 0 Å². The molecule has 0 saturated heterocycles. The minimum Gasteiger partial charge on any atom is -0.462 e. The van der Waals surface area contributed by atoms with Crippen molar-refractivity contribution in [1.29, 1.82) is 0 Å². The molecule has 1 N–H and O–H groups in total. The van der Waals surface area contributed by atoms with Crippen molar-refractivity contribution in [3.05, 3.63) is 63.6 Å². The van der Waals surface area contributed by atoms with Crippen LogP contribution in [0.2, 0.25) is 10.0 Å². The van der Waals surface area contributed by atoms with Crippen molar-refractivity contribution >= 4 is 40.8 Å². The van der Waals surface area contributed by atoms with Gasteiger partial charge in [0, 0.05) is 10.6 Å². The van der Waals surface area contributed by atoms with Crippen LogP contribution < -0.4 is 5.32 Å². The number of esters is 1. The molecule has 0 aliphatic rings. The predicted octanol–water partition coefficient (Wildman–Crippen LogP) is 4.42. The number of halogens is 2. The van der Waals surface area contributed by atoms with Crippen molar-refractivity contribution in [3.63, 3.8) is 0 Å². The maximum atomic E-state index is 12.1. The fourth-order valence-corrected chi connectivity index (χ4v) is 2.11. The molecule has 0 aromatic heterocycles. The Balaban J connectivity index is 2.14. The first-order chi connectivity index (χ1) is 10.5. The van der Waals surface area contributed by atoms with Gasteiger partial charge in [-0.05, 0) is 49.4 Å². The minimum atomic E-state index is -0.458. The van der Waals surface area contributed by atoms with Crippen LogP contribution in [-0.4, -0.2) is 18.5 Å². The number of hydrogen-bond acceptors (Lipinski definition) is 3. The van der Waals surface area contributed by atoms with Gasteiger partial charge in [-0.1, -0.05) is 23.2 Å². The van der Waals surface area contributed by atoms with E-state index < -0.39 is 5.97 Å². The van der Waals surface area contributed by atoms with Crippen molar-refractivity contribution in [2.75, 3.05) is 11.9 Å². The first-order valence-electron chi connectivity index (χ1n) is 6.55. The fourth-order valence-electron chi connectivity index (χ4n) is 1.75. The lowest BCUT2D eigenvalue weighted by molar-refractivity contribution is 0.0526. The van der Waals surface area contributed by atoms with E-state index in [9.17, 15) is 9.59 Å². The molecule has 0 saturated carbocycles. The van der Waals surface area contributed by atoms with Crippen LogP contribution in [0.5, 0.6) is 0 Å². The van der Waals surface area contributed by atoms with Gasteiger partial charge >= 0.3 is 5.97 Å². The average Bonchev–Trinajstić information content (AvgIpc) is 2.50. The van der Waals surface area contributed by atoms with E-state index in [0.29, 0.717) is 21.8 Å². The smallest absolute Gasteiger partial charge is 0.338 e.